The molecule has 0 aromatic heterocycles. The van der Waals surface area contributed by atoms with Gasteiger partial charge in [-0.25, -0.2) is 0 Å². The van der Waals surface area contributed by atoms with Crippen molar-refractivity contribution in [1.29, 1.82) is 10.7 Å². The largest absolute Gasteiger partial charge is 0.481 e. The Bertz CT molecular complexity index is 567. The van der Waals surface area contributed by atoms with Gasteiger partial charge < -0.3 is 4.74 Å². The molecule has 23 heavy (non-hydrogen) atoms. The number of nitrogens with one attached hydrogen (secondary N) is 1. The van der Waals surface area contributed by atoms with Crippen LogP contribution in [0.25, 0.3) is 0 Å². The molecule has 3 nitrogen and oxygen atoms in total. The number of benzene rings is 1. The van der Waals surface area contributed by atoms with E-state index in [-0.39, 0.29) is 24.2 Å². The van der Waals surface area contributed by atoms with Crippen LogP contribution in [0.1, 0.15) is 50.7 Å². The fraction of sp³-hybridized carbons (Fsp3) is 0.529. The van der Waals surface area contributed by atoms with E-state index in [1.165, 1.54) is 0 Å². The number of halogens is 3. The van der Waals surface area contributed by atoms with Gasteiger partial charge in [-0.05, 0) is 50.8 Å². The summed E-state index contributed by atoms with van der Waals surface area (Å²) in [6, 6.07) is 7.87. The van der Waals surface area contributed by atoms with E-state index in [4.69, 9.17) is 33.3 Å². The van der Waals surface area contributed by atoms with Crippen LogP contribution < -0.4 is 0 Å². The Balaban J connectivity index is 0.00000484. The molecule has 1 aromatic rings. The molecule has 0 saturated heterocycles. The van der Waals surface area contributed by atoms with Gasteiger partial charge in [0.2, 0.25) is 0 Å². The fourth-order valence-corrected chi connectivity index (χ4v) is 2.69. The Hall–Kier alpha value is -0.950. The zero-order valence-corrected chi connectivity index (χ0v) is 16.0. The van der Waals surface area contributed by atoms with E-state index < -0.39 is 5.41 Å². The lowest BCUT2D eigenvalue weighted by Gasteiger charge is -2.22. The first-order chi connectivity index (χ1) is 10.4. The third kappa shape index (κ3) is 5.88. The summed E-state index contributed by atoms with van der Waals surface area (Å²) < 4.78 is 5.36. The van der Waals surface area contributed by atoms with Crippen LogP contribution in [-0.2, 0) is 10.2 Å². The van der Waals surface area contributed by atoms with E-state index in [1.807, 2.05) is 39.0 Å². The molecule has 0 spiro atoms. The summed E-state index contributed by atoms with van der Waals surface area (Å²) in [5.41, 5.74) is 1.12. The molecule has 0 radical (unpaired) electrons. The van der Waals surface area contributed by atoms with E-state index in [0.29, 0.717) is 23.9 Å². The summed E-state index contributed by atoms with van der Waals surface area (Å²) >= 11 is 12.2. The van der Waals surface area contributed by atoms with Crippen molar-refractivity contribution < 1.29 is 4.74 Å². The van der Waals surface area contributed by atoms with Crippen LogP contribution in [0.2, 0.25) is 5.02 Å². The van der Waals surface area contributed by atoms with Crippen molar-refractivity contribution in [3.05, 3.63) is 34.3 Å². The molecule has 0 aliphatic carbocycles. The minimum absolute atomic E-state index is 0. The van der Waals surface area contributed by atoms with Crippen molar-refractivity contribution >= 4 is 41.5 Å². The monoisotopic (exact) mass is 376 g/mol. The number of hydrogen-bond donors (Lipinski definition) is 1. The lowest BCUT2D eigenvalue weighted by atomic mass is 9.84. The Labute approximate surface area is 154 Å². The zero-order chi connectivity index (χ0) is 16.8. The van der Waals surface area contributed by atoms with Crippen LogP contribution in [0, 0.1) is 16.7 Å². The molecule has 1 rings (SSSR count). The molecule has 1 atom stereocenters. The highest BCUT2D eigenvalue weighted by molar-refractivity contribution is 6.31. The normalized spacial score (nSPS) is 12.0. The summed E-state index contributed by atoms with van der Waals surface area (Å²) in [5, 5.41) is 17.9. The second kappa shape index (κ2) is 10.0. The van der Waals surface area contributed by atoms with Gasteiger partial charge in [0.1, 0.15) is 0 Å². The maximum atomic E-state index is 9.23. The Morgan fingerprint density at radius 2 is 2.09 bits per heavy atom. The van der Waals surface area contributed by atoms with Crippen molar-refractivity contribution in [2.24, 2.45) is 0 Å². The van der Waals surface area contributed by atoms with Gasteiger partial charge in [-0.15, -0.1) is 24.0 Å². The number of nitriles is 1. The van der Waals surface area contributed by atoms with Crippen molar-refractivity contribution in [1.82, 2.24) is 0 Å². The van der Waals surface area contributed by atoms with Crippen molar-refractivity contribution in [2.45, 2.75) is 44.9 Å². The lowest BCUT2D eigenvalue weighted by Crippen LogP contribution is -2.18. The summed E-state index contributed by atoms with van der Waals surface area (Å²) in [6.07, 6.45) is 1.49. The number of ether oxygens (including phenoxy) is 1. The van der Waals surface area contributed by atoms with Crippen LogP contribution in [0.3, 0.4) is 0 Å². The van der Waals surface area contributed by atoms with Crippen molar-refractivity contribution in [3.8, 4) is 6.07 Å². The molecule has 1 aromatic carbocycles. The van der Waals surface area contributed by atoms with Gasteiger partial charge in [-0.2, -0.15) is 5.26 Å². The average molecular weight is 378 g/mol. The highest BCUT2D eigenvalue weighted by Gasteiger charge is 2.24. The molecule has 1 unspecified atom stereocenters. The molecule has 0 amide bonds. The first-order valence-electron chi connectivity index (χ1n) is 7.35. The van der Waals surface area contributed by atoms with Gasteiger partial charge in [-0.3, -0.25) is 5.41 Å². The highest BCUT2D eigenvalue weighted by atomic mass is 35.5. The van der Waals surface area contributed by atoms with Crippen LogP contribution in [0.5, 0.6) is 0 Å². The van der Waals surface area contributed by atoms with Crippen LogP contribution in [0.15, 0.2) is 18.2 Å². The fourth-order valence-electron chi connectivity index (χ4n) is 2.23. The number of rotatable bonds is 7. The molecule has 0 saturated carbocycles. The topological polar surface area (TPSA) is 56.9 Å². The van der Waals surface area contributed by atoms with Crippen LogP contribution >= 0.6 is 35.6 Å². The van der Waals surface area contributed by atoms with Crippen molar-refractivity contribution in [2.75, 3.05) is 12.5 Å². The number of nitrogens with zero attached hydrogens (tertiary/aromatic N) is 1. The summed E-state index contributed by atoms with van der Waals surface area (Å²) in [5.74, 6) is 0.542. The predicted octanol–water partition coefficient (Wildman–Crippen LogP) is 5.68. The molecule has 0 aliphatic heterocycles. The average Bonchev–Trinajstić information content (AvgIpc) is 2.49. The number of hydrogen-bond acceptors (Lipinski definition) is 3. The summed E-state index contributed by atoms with van der Waals surface area (Å²) in [7, 11) is 0. The Morgan fingerprint density at radius 1 is 1.43 bits per heavy atom. The predicted molar refractivity (Wildman–Crippen MR) is 99.4 cm³/mol. The first-order valence-corrected chi connectivity index (χ1v) is 8.27. The summed E-state index contributed by atoms with van der Waals surface area (Å²) in [6.45, 7) is 6.01. The van der Waals surface area contributed by atoms with Gasteiger partial charge in [0, 0.05) is 10.9 Å². The zero-order valence-electron chi connectivity index (χ0n) is 13.7. The maximum absolute atomic E-state index is 9.23. The highest BCUT2D eigenvalue weighted by Crippen LogP contribution is 2.33. The van der Waals surface area contributed by atoms with E-state index >= 15 is 0 Å². The van der Waals surface area contributed by atoms with Gasteiger partial charge in [-0.1, -0.05) is 23.7 Å². The molecule has 6 heteroatoms. The second-order valence-corrected chi connectivity index (χ2v) is 6.44. The quantitative estimate of drug-likeness (QED) is 0.377. The molecular formula is C17H23Cl3N2O. The molecule has 0 aliphatic rings. The van der Waals surface area contributed by atoms with Gasteiger partial charge >= 0.3 is 0 Å². The molecule has 0 heterocycles. The standard InChI is InChI=1S/C17H22Cl2N2O.ClH/c1-4-22-16(21)14(6-5-9-18)13-8-7-12(10-15(13)19)17(2,3)11-20;/h7-8,10,14,21H,4-6,9H2,1-3H3;1H. The summed E-state index contributed by atoms with van der Waals surface area (Å²) in [4.78, 5) is 0. The Kier molecular flexibility index (Phi) is 9.61. The second-order valence-electron chi connectivity index (χ2n) is 5.65. The number of alkyl halides is 1. The van der Waals surface area contributed by atoms with Crippen LogP contribution in [-0.4, -0.2) is 18.4 Å². The molecule has 1 N–H and O–H groups in total. The molecule has 0 fully saturated rings. The lowest BCUT2D eigenvalue weighted by molar-refractivity contribution is 0.305. The Morgan fingerprint density at radius 3 is 2.57 bits per heavy atom. The third-order valence-electron chi connectivity index (χ3n) is 3.62. The van der Waals surface area contributed by atoms with E-state index in [1.54, 1.807) is 0 Å². The van der Waals surface area contributed by atoms with Crippen LogP contribution in [0.4, 0.5) is 0 Å². The third-order valence-corrected chi connectivity index (χ3v) is 4.21. The van der Waals surface area contributed by atoms with Gasteiger partial charge in [0.05, 0.1) is 24.0 Å². The minimum Gasteiger partial charge on any atom is -0.481 e. The van der Waals surface area contributed by atoms with Gasteiger partial charge in [0.25, 0.3) is 0 Å². The van der Waals surface area contributed by atoms with Gasteiger partial charge in [0.15, 0.2) is 5.90 Å². The molecule has 128 valence electrons. The van der Waals surface area contributed by atoms with Crippen molar-refractivity contribution in [3.63, 3.8) is 0 Å². The molecule has 0 bridgehead atoms. The smallest absolute Gasteiger partial charge is 0.188 e. The van der Waals surface area contributed by atoms with E-state index in [9.17, 15) is 5.26 Å². The SMILES string of the molecule is CCOC(=N)C(CCCCl)c1ccc(C(C)(C)C#N)cc1Cl.Cl. The minimum atomic E-state index is -0.596. The maximum Gasteiger partial charge on any atom is 0.188 e. The van der Waals surface area contributed by atoms with E-state index in [2.05, 4.69) is 6.07 Å². The first kappa shape index (κ1) is 22.1. The van der Waals surface area contributed by atoms with E-state index in [0.717, 1.165) is 17.5 Å². The molecular weight excluding hydrogens is 355 g/mol.